The Bertz CT molecular complexity index is 825. The van der Waals surface area contributed by atoms with Gasteiger partial charge in [-0.1, -0.05) is 18.2 Å². The molecule has 0 aliphatic carbocycles. The van der Waals surface area contributed by atoms with Gasteiger partial charge in [0.25, 0.3) is 0 Å². The van der Waals surface area contributed by atoms with Crippen LogP contribution in [0.4, 0.5) is 0 Å². The van der Waals surface area contributed by atoms with E-state index in [0.717, 1.165) is 21.9 Å². The monoisotopic (exact) mass is 302 g/mol. The van der Waals surface area contributed by atoms with Gasteiger partial charge in [0, 0.05) is 19.5 Å². The van der Waals surface area contributed by atoms with Gasteiger partial charge in [-0.3, -0.25) is 9.78 Å². The van der Waals surface area contributed by atoms with E-state index in [0.29, 0.717) is 5.82 Å². The van der Waals surface area contributed by atoms with Gasteiger partial charge in [0.1, 0.15) is 17.9 Å². The lowest BCUT2D eigenvalue weighted by Gasteiger charge is -2.13. The highest BCUT2D eigenvalue weighted by Crippen LogP contribution is 2.25. The maximum atomic E-state index is 12.1. The van der Waals surface area contributed by atoms with Crippen LogP contribution in [0.25, 0.3) is 21.9 Å². The molecule has 3 aromatic rings. The molecule has 3 rings (SSSR count). The van der Waals surface area contributed by atoms with Crippen molar-refractivity contribution in [1.29, 1.82) is 0 Å². The molecule has 0 saturated heterocycles. The van der Waals surface area contributed by atoms with Crippen LogP contribution in [-0.2, 0) is 17.2 Å². The van der Waals surface area contributed by atoms with Gasteiger partial charge in [-0.15, -0.1) is 11.6 Å². The SMILES string of the molecule is CN(C)C(=O)Cn1c(CCl)nc2cnc3ccccc3c21. The number of likely N-dealkylation sites (N-methyl/N-ethyl adjacent to an activating group) is 1. The standard InChI is InChI=1S/C15H15ClN4O/c1-19(2)14(21)9-20-13(7-16)18-12-8-17-11-6-4-3-5-10(11)15(12)20/h3-6,8H,7,9H2,1-2H3. The number of alkyl halides is 1. The predicted molar refractivity (Wildman–Crippen MR) is 83.3 cm³/mol. The number of halogens is 1. The summed E-state index contributed by atoms with van der Waals surface area (Å²) in [6.45, 7) is 0.222. The summed E-state index contributed by atoms with van der Waals surface area (Å²) in [7, 11) is 3.48. The van der Waals surface area contributed by atoms with Gasteiger partial charge in [-0.2, -0.15) is 0 Å². The number of carbonyl (C=O) groups is 1. The maximum Gasteiger partial charge on any atom is 0.242 e. The highest BCUT2D eigenvalue weighted by atomic mass is 35.5. The molecular weight excluding hydrogens is 288 g/mol. The molecule has 1 amide bonds. The maximum absolute atomic E-state index is 12.1. The smallest absolute Gasteiger partial charge is 0.242 e. The second-order valence-corrected chi connectivity index (χ2v) is 5.31. The minimum Gasteiger partial charge on any atom is -0.347 e. The normalized spacial score (nSPS) is 11.2. The van der Waals surface area contributed by atoms with E-state index in [1.54, 1.807) is 25.2 Å². The van der Waals surface area contributed by atoms with Crippen LogP contribution in [0.3, 0.4) is 0 Å². The van der Waals surface area contributed by atoms with E-state index < -0.39 is 0 Å². The van der Waals surface area contributed by atoms with Crippen molar-refractivity contribution in [2.75, 3.05) is 14.1 Å². The summed E-state index contributed by atoms with van der Waals surface area (Å²) in [5, 5.41) is 0.977. The minimum absolute atomic E-state index is 0.00144. The van der Waals surface area contributed by atoms with Crippen molar-refractivity contribution in [2.24, 2.45) is 0 Å². The van der Waals surface area contributed by atoms with Crippen molar-refractivity contribution >= 4 is 39.4 Å². The lowest BCUT2D eigenvalue weighted by molar-refractivity contribution is -0.129. The van der Waals surface area contributed by atoms with Gasteiger partial charge >= 0.3 is 0 Å². The molecule has 0 unspecified atom stereocenters. The molecule has 0 atom stereocenters. The second-order valence-electron chi connectivity index (χ2n) is 5.05. The molecule has 0 aliphatic rings. The minimum atomic E-state index is 0.00144. The number of para-hydroxylation sites is 1. The zero-order chi connectivity index (χ0) is 15.0. The van der Waals surface area contributed by atoms with Gasteiger partial charge < -0.3 is 9.47 Å². The molecule has 2 aromatic heterocycles. The van der Waals surface area contributed by atoms with Gasteiger partial charge in [-0.05, 0) is 6.07 Å². The van der Waals surface area contributed by atoms with Crippen molar-refractivity contribution < 1.29 is 4.79 Å². The Morgan fingerprint density at radius 2 is 2.05 bits per heavy atom. The molecule has 0 fully saturated rings. The van der Waals surface area contributed by atoms with Crippen molar-refractivity contribution in [1.82, 2.24) is 19.4 Å². The van der Waals surface area contributed by atoms with Gasteiger partial charge in [0.2, 0.25) is 5.91 Å². The highest BCUT2D eigenvalue weighted by Gasteiger charge is 2.16. The summed E-state index contributed by atoms with van der Waals surface area (Å²) in [5.41, 5.74) is 2.55. The Morgan fingerprint density at radius 1 is 1.29 bits per heavy atom. The fraction of sp³-hybridized carbons (Fsp3) is 0.267. The first-order valence-electron chi connectivity index (χ1n) is 6.61. The number of carbonyl (C=O) groups excluding carboxylic acids is 1. The van der Waals surface area contributed by atoms with E-state index in [4.69, 9.17) is 11.6 Å². The van der Waals surface area contributed by atoms with Crippen LogP contribution in [-0.4, -0.2) is 39.4 Å². The van der Waals surface area contributed by atoms with Crippen LogP contribution < -0.4 is 0 Å². The largest absolute Gasteiger partial charge is 0.347 e. The van der Waals surface area contributed by atoms with Crippen molar-refractivity contribution in [3.8, 4) is 0 Å². The number of rotatable bonds is 3. The van der Waals surface area contributed by atoms with Crippen molar-refractivity contribution in [3.63, 3.8) is 0 Å². The first-order valence-corrected chi connectivity index (χ1v) is 7.14. The number of fused-ring (bicyclic) bond motifs is 3. The molecule has 0 saturated carbocycles. The van der Waals surface area contributed by atoms with E-state index in [9.17, 15) is 4.79 Å². The lowest BCUT2D eigenvalue weighted by Crippen LogP contribution is -2.26. The molecule has 21 heavy (non-hydrogen) atoms. The molecule has 6 heteroatoms. The summed E-state index contributed by atoms with van der Waals surface area (Å²) in [6, 6.07) is 7.82. The van der Waals surface area contributed by atoms with Gasteiger partial charge in [-0.25, -0.2) is 4.98 Å². The molecule has 1 aromatic carbocycles. The summed E-state index contributed by atoms with van der Waals surface area (Å²) in [4.78, 5) is 22.5. The third kappa shape index (κ3) is 2.34. The topological polar surface area (TPSA) is 51.0 Å². The molecule has 2 heterocycles. The van der Waals surface area contributed by atoms with Crippen molar-refractivity contribution in [3.05, 3.63) is 36.3 Å². The number of hydrogen-bond acceptors (Lipinski definition) is 3. The van der Waals surface area contributed by atoms with E-state index in [2.05, 4.69) is 9.97 Å². The van der Waals surface area contributed by atoms with Crippen LogP contribution in [0.15, 0.2) is 30.5 Å². The molecule has 0 aliphatic heterocycles. The Labute approximate surface area is 127 Å². The number of nitrogens with zero attached hydrogens (tertiary/aromatic N) is 4. The van der Waals surface area contributed by atoms with E-state index in [1.807, 2.05) is 28.8 Å². The number of amides is 1. The Kier molecular flexibility index (Phi) is 3.51. The Morgan fingerprint density at radius 3 is 2.76 bits per heavy atom. The number of pyridine rings is 1. The second kappa shape index (κ2) is 5.33. The summed E-state index contributed by atoms with van der Waals surface area (Å²) < 4.78 is 1.88. The number of hydrogen-bond donors (Lipinski definition) is 0. The molecular formula is C15H15ClN4O. The summed E-state index contributed by atoms with van der Waals surface area (Å²) in [5.74, 6) is 0.936. The summed E-state index contributed by atoms with van der Waals surface area (Å²) >= 11 is 5.99. The average molecular weight is 303 g/mol. The quantitative estimate of drug-likeness (QED) is 0.698. The summed E-state index contributed by atoms with van der Waals surface area (Å²) in [6.07, 6.45) is 1.73. The lowest BCUT2D eigenvalue weighted by atomic mass is 10.2. The zero-order valence-electron chi connectivity index (χ0n) is 11.9. The zero-order valence-corrected chi connectivity index (χ0v) is 12.6. The molecule has 0 radical (unpaired) electrons. The number of imidazole rings is 1. The third-order valence-corrected chi connectivity index (χ3v) is 3.71. The van der Waals surface area contributed by atoms with Gasteiger partial charge in [0.05, 0.1) is 23.1 Å². The number of aromatic nitrogens is 3. The molecule has 0 bridgehead atoms. The third-order valence-electron chi connectivity index (χ3n) is 3.47. The molecule has 5 nitrogen and oxygen atoms in total. The van der Waals surface area contributed by atoms with Crippen molar-refractivity contribution in [2.45, 2.75) is 12.4 Å². The Balaban J connectivity index is 2.29. The van der Waals surface area contributed by atoms with Crippen LogP contribution in [0, 0.1) is 0 Å². The van der Waals surface area contributed by atoms with Crippen LogP contribution >= 0.6 is 11.6 Å². The Hall–Kier alpha value is -2.14. The first-order chi connectivity index (χ1) is 10.1. The predicted octanol–water partition coefficient (Wildman–Crippen LogP) is 2.41. The van der Waals surface area contributed by atoms with Gasteiger partial charge in [0.15, 0.2) is 0 Å². The van der Waals surface area contributed by atoms with E-state index >= 15 is 0 Å². The van der Waals surface area contributed by atoms with E-state index in [-0.39, 0.29) is 18.3 Å². The highest BCUT2D eigenvalue weighted by molar-refractivity contribution is 6.17. The van der Waals surface area contributed by atoms with E-state index in [1.165, 1.54) is 0 Å². The fourth-order valence-electron chi connectivity index (χ4n) is 2.36. The molecule has 0 spiro atoms. The average Bonchev–Trinajstić information content (AvgIpc) is 2.85. The van der Waals surface area contributed by atoms with Crippen LogP contribution in [0.2, 0.25) is 0 Å². The number of benzene rings is 1. The van der Waals surface area contributed by atoms with Crippen LogP contribution in [0.1, 0.15) is 5.82 Å². The first kappa shape index (κ1) is 13.8. The fourth-order valence-corrected chi connectivity index (χ4v) is 2.56. The van der Waals surface area contributed by atoms with Crippen LogP contribution in [0.5, 0.6) is 0 Å². The molecule has 108 valence electrons. The molecule has 0 N–H and O–H groups in total.